The molecule has 0 bridgehead atoms. The van der Waals surface area contributed by atoms with Crippen molar-refractivity contribution in [1.82, 2.24) is 4.98 Å². The Kier molecular flexibility index (Phi) is 3.23. The number of alkyl halides is 3. The standard InChI is InChI=1S/C18H14F3NO2/c19-18(20,21)17(23)10-24-16(11-6-2-1-3-7-11)15-14(17)12-8-4-5-9-13(12)22-15/h1-9,16,22-23H,10H2. The van der Waals surface area contributed by atoms with Gasteiger partial charge in [0.1, 0.15) is 6.10 Å². The van der Waals surface area contributed by atoms with E-state index in [2.05, 4.69) is 4.98 Å². The van der Waals surface area contributed by atoms with Crippen molar-refractivity contribution in [3.8, 4) is 0 Å². The summed E-state index contributed by atoms with van der Waals surface area (Å²) in [5, 5.41) is 10.8. The van der Waals surface area contributed by atoms with E-state index in [-0.39, 0.29) is 11.3 Å². The van der Waals surface area contributed by atoms with Gasteiger partial charge in [0.25, 0.3) is 0 Å². The molecule has 0 saturated carbocycles. The van der Waals surface area contributed by atoms with Crippen LogP contribution >= 0.6 is 0 Å². The Morgan fingerprint density at radius 3 is 2.42 bits per heavy atom. The quantitative estimate of drug-likeness (QED) is 0.706. The van der Waals surface area contributed by atoms with E-state index in [4.69, 9.17) is 4.74 Å². The Morgan fingerprint density at radius 2 is 1.71 bits per heavy atom. The lowest BCUT2D eigenvalue weighted by Crippen LogP contribution is -2.49. The van der Waals surface area contributed by atoms with Gasteiger partial charge in [0, 0.05) is 16.5 Å². The zero-order valence-electron chi connectivity index (χ0n) is 12.5. The van der Waals surface area contributed by atoms with Gasteiger partial charge in [0.15, 0.2) is 0 Å². The second-order valence-corrected chi connectivity index (χ2v) is 5.92. The minimum atomic E-state index is -4.84. The number of rotatable bonds is 1. The van der Waals surface area contributed by atoms with Crippen molar-refractivity contribution in [3.63, 3.8) is 0 Å². The molecule has 1 aromatic heterocycles. The number of halogens is 3. The Bertz CT molecular complexity index is 888. The molecule has 3 aromatic rings. The van der Waals surface area contributed by atoms with Crippen LogP contribution in [0.2, 0.25) is 0 Å². The van der Waals surface area contributed by atoms with E-state index in [9.17, 15) is 18.3 Å². The molecule has 2 aromatic carbocycles. The van der Waals surface area contributed by atoms with Crippen LogP contribution in [0.25, 0.3) is 10.9 Å². The van der Waals surface area contributed by atoms with Crippen molar-refractivity contribution in [1.29, 1.82) is 0 Å². The first-order valence-electron chi connectivity index (χ1n) is 7.48. The third-order valence-corrected chi connectivity index (χ3v) is 4.44. The molecule has 0 fully saturated rings. The number of aromatic nitrogens is 1. The van der Waals surface area contributed by atoms with Crippen molar-refractivity contribution < 1.29 is 23.0 Å². The van der Waals surface area contributed by atoms with E-state index in [1.54, 1.807) is 48.5 Å². The highest BCUT2D eigenvalue weighted by Gasteiger charge is 2.60. The lowest BCUT2D eigenvalue weighted by atomic mass is 9.86. The molecule has 4 rings (SSSR count). The van der Waals surface area contributed by atoms with E-state index in [1.807, 2.05) is 6.07 Å². The van der Waals surface area contributed by atoms with Crippen LogP contribution in [0.1, 0.15) is 22.9 Å². The molecule has 2 unspecified atom stereocenters. The molecule has 3 nitrogen and oxygen atoms in total. The van der Waals surface area contributed by atoms with Gasteiger partial charge in [0.2, 0.25) is 5.60 Å². The Labute approximate surface area is 135 Å². The van der Waals surface area contributed by atoms with Gasteiger partial charge in [0.05, 0.1) is 12.3 Å². The van der Waals surface area contributed by atoms with Crippen molar-refractivity contribution in [2.24, 2.45) is 0 Å². The summed E-state index contributed by atoms with van der Waals surface area (Å²) in [7, 11) is 0. The summed E-state index contributed by atoms with van der Waals surface area (Å²) < 4.78 is 46.2. The first-order valence-corrected chi connectivity index (χ1v) is 7.48. The van der Waals surface area contributed by atoms with Crippen LogP contribution in [0.15, 0.2) is 54.6 Å². The van der Waals surface area contributed by atoms with Crippen LogP contribution in [0.5, 0.6) is 0 Å². The molecule has 2 N–H and O–H groups in total. The summed E-state index contributed by atoms with van der Waals surface area (Å²) in [6.07, 6.45) is -5.52. The molecule has 2 atom stereocenters. The average Bonchev–Trinajstić information content (AvgIpc) is 2.95. The van der Waals surface area contributed by atoms with E-state index < -0.39 is 24.5 Å². The van der Waals surface area contributed by atoms with Gasteiger partial charge in [-0.3, -0.25) is 0 Å². The fraction of sp³-hybridized carbons (Fsp3) is 0.222. The number of aliphatic hydroxyl groups is 1. The zero-order valence-corrected chi connectivity index (χ0v) is 12.5. The molecule has 1 aliphatic heterocycles. The van der Waals surface area contributed by atoms with Gasteiger partial charge in [-0.05, 0) is 11.6 Å². The van der Waals surface area contributed by atoms with Crippen LogP contribution in [-0.2, 0) is 10.3 Å². The molecular weight excluding hydrogens is 319 g/mol. The van der Waals surface area contributed by atoms with Gasteiger partial charge >= 0.3 is 6.18 Å². The molecule has 24 heavy (non-hydrogen) atoms. The maximum Gasteiger partial charge on any atom is 0.423 e. The second-order valence-electron chi connectivity index (χ2n) is 5.92. The van der Waals surface area contributed by atoms with Gasteiger partial charge in [-0.2, -0.15) is 13.2 Å². The smallest absolute Gasteiger partial charge is 0.374 e. The molecule has 6 heteroatoms. The van der Waals surface area contributed by atoms with Gasteiger partial charge in [-0.15, -0.1) is 0 Å². The van der Waals surface area contributed by atoms with Crippen LogP contribution in [-0.4, -0.2) is 22.9 Å². The third kappa shape index (κ3) is 2.07. The number of benzene rings is 2. The first kappa shape index (κ1) is 15.2. The number of fused-ring (bicyclic) bond motifs is 3. The normalized spacial score (nSPS) is 24.1. The van der Waals surface area contributed by atoms with E-state index in [0.29, 0.717) is 10.9 Å². The highest BCUT2D eigenvalue weighted by molar-refractivity contribution is 5.86. The lowest BCUT2D eigenvalue weighted by Gasteiger charge is -2.37. The summed E-state index contributed by atoms with van der Waals surface area (Å²) in [5.74, 6) is 0. The highest BCUT2D eigenvalue weighted by atomic mass is 19.4. The van der Waals surface area contributed by atoms with Crippen LogP contribution < -0.4 is 0 Å². The second kappa shape index (κ2) is 5.09. The highest BCUT2D eigenvalue weighted by Crippen LogP contribution is 2.50. The third-order valence-electron chi connectivity index (χ3n) is 4.44. The number of hydrogen-bond donors (Lipinski definition) is 2. The fourth-order valence-electron chi connectivity index (χ4n) is 3.28. The van der Waals surface area contributed by atoms with Gasteiger partial charge < -0.3 is 14.8 Å². The fourth-order valence-corrected chi connectivity index (χ4v) is 3.28. The van der Waals surface area contributed by atoms with E-state index in [1.165, 1.54) is 0 Å². The first-order chi connectivity index (χ1) is 11.4. The maximum absolute atomic E-state index is 13.6. The summed E-state index contributed by atoms with van der Waals surface area (Å²) in [6, 6.07) is 15.6. The number of ether oxygens (including phenoxy) is 1. The monoisotopic (exact) mass is 333 g/mol. The van der Waals surface area contributed by atoms with Gasteiger partial charge in [-0.25, -0.2) is 0 Å². The number of hydrogen-bond acceptors (Lipinski definition) is 2. The predicted molar refractivity (Wildman–Crippen MR) is 82.5 cm³/mol. The van der Waals surface area contributed by atoms with Crippen LogP contribution in [0, 0.1) is 0 Å². The predicted octanol–water partition coefficient (Wildman–Crippen LogP) is 4.04. The van der Waals surface area contributed by atoms with Crippen LogP contribution in [0.4, 0.5) is 13.2 Å². The molecule has 0 aliphatic carbocycles. The summed E-state index contributed by atoms with van der Waals surface area (Å²) in [6.45, 7) is -0.842. The molecule has 0 radical (unpaired) electrons. The largest absolute Gasteiger partial charge is 0.423 e. The van der Waals surface area contributed by atoms with E-state index in [0.717, 1.165) is 5.56 Å². The molecule has 0 amide bonds. The number of H-pyrrole nitrogens is 1. The van der Waals surface area contributed by atoms with Crippen molar-refractivity contribution in [3.05, 3.63) is 71.4 Å². The Morgan fingerprint density at radius 1 is 1.04 bits per heavy atom. The number of para-hydroxylation sites is 1. The van der Waals surface area contributed by atoms with Crippen LogP contribution in [0.3, 0.4) is 0 Å². The maximum atomic E-state index is 13.6. The molecular formula is C18H14F3NO2. The zero-order chi connectivity index (χ0) is 16.9. The number of nitrogens with one attached hydrogen (secondary N) is 1. The average molecular weight is 333 g/mol. The molecule has 0 saturated heterocycles. The molecule has 2 heterocycles. The Hall–Kier alpha value is -2.31. The van der Waals surface area contributed by atoms with Crippen molar-refractivity contribution in [2.45, 2.75) is 17.9 Å². The van der Waals surface area contributed by atoms with Crippen molar-refractivity contribution >= 4 is 10.9 Å². The minimum absolute atomic E-state index is 0.147. The molecule has 124 valence electrons. The summed E-state index contributed by atoms with van der Waals surface area (Å²) >= 11 is 0. The number of aromatic amines is 1. The Balaban J connectivity index is 2.00. The van der Waals surface area contributed by atoms with E-state index >= 15 is 0 Å². The van der Waals surface area contributed by atoms with Crippen molar-refractivity contribution in [2.75, 3.05) is 6.61 Å². The SMILES string of the molecule is OC1(C(F)(F)F)COC(c2ccccc2)c2[nH]c3ccccc3c21. The minimum Gasteiger partial charge on any atom is -0.374 e. The molecule has 0 spiro atoms. The topological polar surface area (TPSA) is 45.2 Å². The summed E-state index contributed by atoms with van der Waals surface area (Å²) in [5.41, 5.74) is -1.67. The molecule has 1 aliphatic rings. The summed E-state index contributed by atoms with van der Waals surface area (Å²) in [4.78, 5) is 3.01. The van der Waals surface area contributed by atoms with Gasteiger partial charge in [-0.1, -0.05) is 48.5 Å². The lowest BCUT2D eigenvalue weighted by molar-refractivity contribution is -0.290.